The third kappa shape index (κ3) is 4.03. The highest BCUT2D eigenvalue weighted by atomic mass is 32.1. The largest absolute Gasteiger partial charge is 0.507 e. The van der Waals surface area contributed by atoms with Crippen molar-refractivity contribution in [2.75, 3.05) is 11.5 Å². The lowest BCUT2D eigenvalue weighted by Gasteiger charge is -2.23. The lowest BCUT2D eigenvalue weighted by atomic mass is 9.95. The Morgan fingerprint density at radius 2 is 1.82 bits per heavy atom. The Kier molecular flexibility index (Phi) is 6.06. The number of hydrogen-bond acceptors (Lipinski definition) is 8. The molecule has 1 amide bonds. The molecule has 1 atom stereocenters. The number of aromatic nitrogens is 2. The summed E-state index contributed by atoms with van der Waals surface area (Å²) in [5.74, 6) is -1.51. The fourth-order valence-electron chi connectivity index (χ4n) is 3.74. The number of ketones is 2. The Morgan fingerprint density at radius 1 is 1.15 bits per heavy atom. The number of aliphatic hydroxyl groups excluding tert-OH is 1. The van der Waals surface area contributed by atoms with Gasteiger partial charge >= 0.3 is 5.91 Å². The van der Waals surface area contributed by atoms with Gasteiger partial charge in [-0.25, -0.2) is 4.98 Å². The van der Waals surface area contributed by atoms with Crippen molar-refractivity contribution in [1.82, 2.24) is 9.97 Å². The normalized spacial score (nSPS) is 17.4. The van der Waals surface area contributed by atoms with Crippen LogP contribution >= 0.6 is 11.3 Å². The number of benzene rings is 1. The standard InChI is InChI=1S/C24H21N3O5S/c1-4-32-17-7-5-15(6-8-17)19-18(20(29)16-9-11-25-12-10-16)21(30)23(31)27(19)24-26-13(2)22(33-24)14(3)28/h5-12,19,29H,4H2,1-3H3/b20-18+. The average molecular weight is 464 g/mol. The van der Waals surface area contributed by atoms with Crippen molar-refractivity contribution in [1.29, 1.82) is 0 Å². The van der Waals surface area contributed by atoms with E-state index >= 15 is 0 Å². The Morgan fingerprint density at radius 3 is 2.39 bits per heavy atom. The molecule has 1 unspecified atom stereocenters. The Hall–Kier alpha value is -3.85. The fourth-order valence-corrected chi connectivity index (χ4v) is 4.72. The minimum atomic E-state index is -0.931. The predicted molar refractivity (Wildman–Crippen MR) is 123 cm³/mol. The van der Waals surface area contributed by atoms with Gasteiger partial charge in [-0.3, -0.25) is 24.3 Å². The topological polar surface area (TPSA) is 110 Å². The summed E-state index contributed by atoms with van der Waals surface area (Å²) in [6, 6.07) is 9.12. The summed E-state index contributed by atoms with van der Waals surface area (Å²) in [5, 5.41) is 11.3. The van der Waals surface area contributed by atoms with Gasteiger partial charge in [0.25, 0.3) is 5.78 Å². The molecule has 9 heteroatoms. The first kappa shape index (κ1) is 22.3. The van der Waals surface area contributed by atoms with Crippen molar-refractivity contribution < 1.29 is 24.2 Å². The van der Waals surface area contributed by atoms with E-state index in [-0.39, 0.29) is 22.2 Å². The molecule has 0 aliphatic carbocycles. The van der Waals surface area contributed by atoms with E-state index in [9.17, 15) is 19.5 Å². The zero-order chi connectivity index (χ0) is 23.7. The number of aryl methyl sites for hydroxylation is 1. The highest BCUT2D eigenvalue weighted by molar-refractivity contribution is 7.18. The maximum Gasteiger partial charge on any atom is 0.301 e. The Bertz CT molecular complexity index is 1270. The highest BCUT2D eigenvalue weighted by Gasteiger charge is 2.48. The van der Waals surface area contributed by atoms with Crippen LogP contribution in [0.5, 0.6) is 5.75 Å². The molecule has 2 aromatic heterocycles. The lowest BCUT2D eigenvalue weighted by molar-refractivity contribution is -0.132. The van der Waals surface area contributed by atoms with E-state index in [0.717, 1.165) is 11.3 Å². The van der Waals surface area contributed by atoms with Crippen molar-refractivity contribution >= 4 is 39.7 Å². The van der Waals surface area contributed by atoms with Crippen LogP contribution < -0.4 is 9.64 Å². The molecule has 33 heavy (non-hydrogen) atoms. The number of anilines is 1. The number of nitrogens with zero attached hydrogens (tertiary/aromatic N) is 3. The molecular weight excluding hydrogens is 442 g/mol. The number of rotatable bonds is 6. The highest BCUT2D eigenvalue weighted by Crippen LogP contribution is 2.44. The summed E-state index contributed by atoms with van der Waals surface area (Å²) in [5.41, 5.74) is 1.36. The molecule has 1 N–H and O–H groups in total. The van der Waals surface area contributed by atoms with E-state index < -0.39 is 17.7 Å². The molecule has 1 fully saturated rings. The van der Waals surface area contributed by atoms with Crippen molar-refractivity contribution in [3.63, 3.8) is 0 Å². The van der Waals surface area contributed by atoms with Crippen LogP contribution in [0.2, 0.25) is 0 Å². The smallest absolute Gasteiger partial charge is 0.301 e. The summed E-state index contributed by atoms with van der Waals surface area (Å²) in [4.78, 5) is 48.3. The number of carbonyl (C=O) groups is 3. The first-order chi connectivity index (χ1) is 15.8. The average Bonchev–Trinajstić information content (AvgIpc) is 3.32. The SMILES string of the molecule is CCOc1ccc(C2/C(=C(\O)c3ccncc3)C(=O)C(=O)N2c2nc(C)c(C(C)=O)s2)cc1. The van der Waals surface area contributed by atoms with Gasteiger partial charge in [-0.15, -0.1) is 0 Å². The number of pyridine rings is 1. The van der Waals surface area contributed by atoms with E-state index in [0.29, 0.717) is 34.1 Å². The molecule has 3 heterocycles. The van der Waals surface area contributed by atoms with Gasteiger partial charge in [-0.1, -0.05) is 23.5 Å². The second-order valence-electron chi connectivity index (χ2n) is 7.37. The van der Waals surface area contributed by atoms with Crippen molar-refractivity contribution in [2.24, 2.45) is 0 Å². The molecule has 1 aliphatic rings. The predicted octanol–water partition coefficient (Wildman–Crippen LogP) is 4.07. The number of hydrogen-bond donors (Lipinski definition) is 1. The summed E-state index contributed by atoms with van der Waals surface area (Å²) in [7, 11) is 0. The molecule has 1 saturated heterocycles. The molecule has 4 rings (SSSR count). The van der Waals surface area contributed by atoms with E-state index in [1.807, 2.05) is 6.92 Å². The van der Waals surface area contributed by atoms with Crippen LogP contribution in [0, 0.1) is 6.92 Å². The lowest BCUT2D eigenvalue weighted by Crippen LogP contribution is -2.29. The van der Waals surface area contributed by atoms with E-state index in [1.54, 1.807) is 43.3 Å². The first-order valence-corrected chi connectivity index (χ1v) is 11.1. The maximum atomic E-state index is 13.2. The second kappa shape index (κ2) is 8.95. The van der Waals surface area contributed by atoms with Crippen molar-refractivity contribution in [3.8, 4) is 5.75 Å². The second-order valence-corrected chi connectivity index (χ2v) is 8.35. The zero-order valence-corrected chi connectivity index (χ0v) is 19.0. The number of Topliss-reactive ketones (excluding diaryl/α,β-unsaturated/α-hetero) is 2. The number of carbonyl (C=O) groups excluding carboxylic acids is 3. The number of aliphatic hydroxyl groups is 1. The third-order valence-electron chi connectivity index (χ3n) is 5.22. The summed E-state index contributed by atoms with van der Waals surface area (Å²) >= 11 is 1.04. The molecule has 1 aliphatic heterocycles. The minimum absolute atomic E-state index is 0.0624. The van der Waals surface area contributed by atoms with Crippen LogP contribution in [0.1, 0.15) is 46.4 Å². The monoisotopic (exact) mass is 463 g/mol. The van der Waals surface area contributed by atoms with Gasteiger partial charge in [0.05, 0.1) is 28.8 Å². The minimum Gasteiger partial charge on any atom is -0.507 e. The molecular formula is C24H21N3O5S. The summed E-state index contributed by atoms with van der Waals surface area (Å²) < 4.78 is 5.50. The van der Waals surface area contributed by atoms with Crippen LogP contribution in [-0.2, 0) is 9.59 Å². The quantitative estimate of drug-likeness (QED) is 0.254. The molecule has 0 bridgehead atoms. The van der Waals surface area contributed by atoms with Gasteiger partial charge < -0.3 is 9.84 Å². The van der Waals surface area contributed by atoms with Gasteiger partial charge in [-0.05, 0) is 43.7 Å². The van der Waals surface area contributed by atoms with E-state index in [2.05, 4.69) is 9.97 Å². The van der Waals surface area contributed by atoms with Gasteiger partial charge in [0.15, 0.2) is 10.9 Å². The first-order valence-electron chi connectivity index (χ1n) is 10.3. The number of thiazole rings is 1. The van der Waals surface area contributed by atoms with Crippen LogP contribution in [0.15, 0.2) is 54.4 Å². The van der Waals surface area contributed by atoms with Crippen molar-refractivity contribution in [2.45, 2.75) is 26.8 Å². The van der Waals surface area contributed by atoms with Crippen LogP contribution in [0.4, 0.5) is 5.13 Å². The molecule has 1 aromatic carbocycles. The summed E-state index contributed by atoms with van der Waals surface area (Å²) in [6.45, 7) is 5.46. The molecule has 168 valence electrons. The maximum absolute atomic E-state index is 13.2. The van der Waals surface area contributed by atoms with Gasteiger partial charge in [0, 0.05) is 24.9 Å². The summed E-state index contributed by atoms with van der Waals surface area (Å²) in [6.07, 6.45) is 2.97. The van der Waals surface area contributed by atoms with Crippen LogP contribution in [-0.4, -0.2) is 39.2 Å². The Balaban J connectivity index is 1.91. The Labute approximate surface area is 194 Å². The molecule has 0 radical (unpaired) electrons. The van der Waals surface area contributed by atoms with Gasteiger partial charge in [0.2, 0.25) is 0 Å². The van der Waals surface area contributed by atoms with E-state index in [4.69, 9.17) is 4.74 Å². The van der Waals surface area contributed by atoms with Gasteiger partial charge in [0.1, 0.15) is 11.5 Å². The van der Waals surface area contributed by atoms with Crippen LogP contribution in [0.3, 0.4) is 0 Å². The molecule has 0 spiro atoms. The number of amides is 1. The molecule has 0 saturated carbocycles. The molecule has 8 nitrogen and oxygen atoms in total. The van der Waals surface area contributed by atoms with Gasteiger partial charge in [-0.2, -0.15) is 0 Å². The zero-order valence-electron chi connectivity index (χ0n) is 18.2. The third-order valence-corrected chi connectivity index (χ3v) is 6.47. The van der Waals surface area contributed by atoms with Crippen molar-refractivity contribution in [3.05, 3.63) is 76.1 Å². The molecule has 3 aromatic rings. The fraction of sp³-hybridized carbons (Fsp3) is 0.208. The number of ether oxygens (including phenoxy) is 1. The van der Waals surface area contributed by atoms with Crippen LogP contribution in [0.25, 0.3) is 5.76 Å². The van der Waals surface area contributed by atoms with E-state index in [1.165, 1.54) is 24.2 Å².